The third kappa shape index (κ3) is 3.51. The van der Waals surface area contributed by atoms with Crippen LogP contribution in [0.15, 0.2) is 24.5 Å². The van der Waals surface area contributed by atoms with Crippen LogP contribution in [0.4, 0.5) is 5.82 Å². The lowest BCUT2D eigenvalue weighted by molar-refractivity contribution is -0.0383. The maximum atomic E-state index is 12.3. The normalized spacial score (nSPS) is 21.8. The molecule has 3 aromatic heterocycles. The number of anilines is 1. The molecule has 2 atom stereocenters. The van der Waals surface area contributed by atoms with Crippen LogP contribution >= 0.6 is 0 Å². The lowest BCUT2D eigenvalue weighted by atomic mass is 10.0. The summed E-state index contributed by atoms with van der Waals surface area (Å²) in [6.45, 7) is 6.40. The number of hydrogen-bond acceptors (Lipinski definition) is 7. The first kappa shape index (κ1) is 20.8. The Hall–Kier alpha value is -3.04. The number of carboxylic acid groups (broad SMARTS) is 1. The molecule has 2 saturated heterocycles. The van der Waals surface area contributed by atoms with E-state index in [1.54, 1.807) is 18.5 Å². The van der Waals surface area contributed by atoms with Crippen LogP contribution < -0.4 is 4.90 Å². The molecule has 5 rings (SSSR count). The van der Waals surface area contributed by atoms with Gasteiger partial charge in [0.2, 0.25) is 0 Å². The fraction of sp³-hybridized carbons (Fsp3) is 0.478. The van der Waals surface area contributed by atoms with Crippen molar-refractivity contribution in [2.24, 2.45) is 0 Å². The van der Waals surface area contributed by atoms with E-state index in [-0.39, 0.29) is 17.8 Å². The highest BCUT2D eigenvalue weighted by atomic mass is 16.5. The fourth-order valence-corrected chi connectivity index (χ4v) is 4.70. The summed E-state index contributed by atoms with van der Waals surface area (Å²) in [4.78, 5) is 24.1. The van der Waals surface area contributed by atoms with Crippen LogP contribution in [0, 0.1) is 6.92 Å². The summed E-state index contributed by atoms with van der Waals surface area (Å²) in [5.41, 5.74) is 2.85. The van der Waals surface area contributed by atoms with E-state index < -0.39 is 5.97 Å². The summed E-state index contributed by atoms with van der Waals surface area (Å²) in [6.07, 6.45) is 6.21. The number of aromatic nitrogens is 4. The van der Waals surface area contributed by atoms with Crippen molar-refractivity contribution in [1.29, 1.82) is 0 Å². The van der Waals surface area contributed by atoms with E-state index >= 15 is 0 Å². The molecule has 0 spiro atoms. The lowest BCUT2D eigenvalue weighted by Gasteiger charge is -2.35. The van der Waals surface area contributed by atoms with Crippen molar-refractivity contribution >= 4 is 22.7 Å². The summed E-state index contributed by atoms with van der Waals surface area (Å²) in [7, 11) is 0. The molecule has 0 amide bonds. The molecule has 168 valence electrons. The second-order valence-electron chi connectivity index (χ2n) is 8.40. The molecular weight excluding hydrogens is 410 g/mol. The molecule has 2 fully saturated rings. The molecule has 2 unspecified atom stereocenters. The average molecular weight is 438 g/mol. The summed E-state index contributed by atoms with van der Waals surface area (Å²) in [6, 6.07) is 3.71. The zero-order valence-electron chi connectivity index (χ0n) is 18.3. The summed E-state index contributed by atoms with van der Waals surface area (Å²) >= 11 is 0. The molecule has 2 aliphatic heterocycles. The Labute approximate surface area is 186 Å². The Bertz CT molecular complexity index is 1150. The molecule has 0 saturated carbocycles. The molecule has 3 aromatic rings. The molecule has 9 nitrogen and oxygen atoms in total. The molecule has 0 aliphatic carbocycles. The highest BCUT2D eigenvalue weighted by Gasteiger charge is 2.28. The molecule has 0 aromatic carbocycles. The smallest absolute Gasteiger partial charge is 0.336 e. The van der Waals surface area contributed by atoms with Crippen molar-refractivity contribution in [1.82, 2.24) is 19.7 Å². The van der Waals surface area contributed by atoms with Gasteiger partial charge in [-0.05, 0) is 45.2 Å². The van der Waals surface area contributed by atoms with Gasteiger partial charge in [-0.3, -0.25) is 4.98 Å². The largest absolute Gasteiger partial charge is 0.478 e. The minimum atomic E-state index is -0.974. The van der Waals surface area contributed by atoms with Gasteiger partial charge in [0.15, 0.2) is 6.23 Å². The van der Waals surface area contributed by atoms with Crippen LogP contribution in [0.5, 0.6) is 0 Å². The summed E-state index contributed by atoms with van der Waals surface area (Å²) in [5, 5.41) is 15.2. The third-order valence-electron chi connectivity index (χ3n) is 6.32. The van der Waals surface area contributed by atoms with E-state index in [0.717, 1.165) is 25.0 Å². The van der Waals surface area contributed by atoms with Crippen LogP contribution in [0.1, 0.15) is 48.3 Å². The Morgan fingerprint density at radius 1 is 1.22 bits per heavy atom. The van der Waals surface area contributed by atoms with Gasteiger partial charge in [0, 0.05) is 36.5 Å². The third-order valence-corrected chi connectivity index (χ3v) is 6.32. The first-order valence-electron chi connectivity index (χ1n) is 11.1. The van der Waals surface area contributed by atoms with Crippen molar-refractivity contribution in [3.63, 3.8) is 0 Å². The van der Waals surface area contributed by atoms with Gasteiger partial charge in [0.1, 0.15) is 17.0 Å². The number of pyridine rings is 2. The molecule has 32 heavy (non-hydrogen) atoms. The average Bonchev–Trinajstić information content (AvgIpc) is 3.29. The highest BCUT2D eigenvalue weighted by Crippen LogP contribution is 2.35. The van der Waals surface area contributed by atoms with E-state index in [1.165, 1.54) is 0 Å². The maximum Gasteiger partial charge on any atom is 0.336 e. The van der Waals surface area contributed by atoms with Crippen LogP contribution in [0.25, 0.3) is 22.3 Å². The van der Waals surface area contributed by atoms with Gasteiger partial charge in [-0.25, -0.2) is 14.5 Å². The number of ether oxygens (including phenoxy) is 2. The van der Waals surface area contributed by atoms with Gasteiger partial charge in [-0.15, -0.1) is 0 Å². The SMILES string of the molecule is Cc1c(N2CCOCC2C)nc2c(-c3ccnn3C3CCCCO3)nccc2c1C(=O)O. The van der Waals surface area contributed by atoms with Crippen LogP contribution in [-0.2, 0) is 9.47 Å². The number of carboxylic acids is 1. The van der Waals surface area contributed by atoms with E-state index in [0.29, 0.717) is 54.3 Å². The summed E-state index contributed by atoms with van der Waals surface area (Å²) in [5.74, 6) is -0.307. The summed E-state index contributed by atoms with van der Waals surface area (Å²) < 4.78 is 13.4. The van der Waals surface area contributed by atoms with Gasteiger partial charge in [0.25, 0.3) is 0 Å². The van der Waals surface area contributed by atoms with Crippen molar-refractivity contribution in [2.75, 3.05) is 31.3 Å². The van der Waals surface area contributed by atoms with Gasteiger partial charge in [-0.1, -0.05) is 0 Å². The fourth-order valence-electron chi connectivity index (χ4n) is 4.70. The van der Waals surface area contributed by atoms with Crippen molar-refractivity contribution in [2.45, 2.75) is 45.4 Å². The van der Waals surface area contributed by atoms with E-state index in [9.17, 15) is 9.90 Å². The lowest BCUT2D eigenvalue weighted by Crippen LogP contribution is -2.44. The van der Waals surface area contributed by atoms with E-state index in [2.05, 4.69) is 21.9 Å². The Morgan fingerprint density at radius 3 is 2.84 bits per heavy atom. The van der Waals surface area contributed by atoms with Gasteiger partial charge in [-0.2, -0.15) is 5.10 Å². The minimum absolute atomic E-state index is 0.0929. The predicted octanol–water partition coefficient (Wildman–Crippen LogP) is 3.42. The number of aromatic carboxylic acids is 1. The van der Waals surface area contributed by atoms with Crippen molar-refractivity contribution < 1.29 is 19.4 Å². The van der Waals surface area contributed by atoms with Crippen molar-refractivity contribution in [3.05, 3.63) is 35.7 Å². The Kier molecular flexibility index (Phi) is 5.52. The minimum Gasteiger partial charge on any atom is -0.478 e. The van der Waals surface area contributed by atoms with Gasteiger partial charge in [0.05, 0.1) is 30.5 Å². The monoisotopic (exact) mass is 437 g/mol. The van der Waals surface area contributed by atoms with Crippen LogP contribution in [0.3, 0.4) is 0 Å². The van der Waals surface area contributed by atoms with Gasteiger partial charge < -0.3 is 19.5 Å². The number of fused-ring (bicyclic) bond motifs is 1. The molecule has 1 N–H and O–H groups in total. The quantitative estimate of drug-likeness (QED) is 0.662. The molecular formula is C23H27N5O4. The molecule has 0 bridgehead atoms. The molecule has 2 aliphatic rings. The second-order valence-corrected chi connectivity index (χ2v) is 8.40. The topological polar surface area (TPSA) is 103 Å². The van der Waals surface area contributed by atoms with E-state index in [4.69, 9.17) is 14.5 Å². The number of carbonyl (C=O) groups is 1. The second kappa shape index (κ2) is 8.48. The van der Waals surface area contributed by atoms with Gasteiger partial charge >= 0.3 is 5.97 Å². The van der Waals surface area contributed by atoms with E-state index in [1.807, 2.05) is 17.7 Å². The standard InChI is InChI=1S/C23H27N5O4/c1-14-13-31-12-10-27(14)22-15(2)19(23(29)30)16-6-8-24-21(20(16)26-22)17-7-9-25-28(17)18-5-3-4-11-32-18/h6-9,14,18H,3-5,10-13H2,1-2H3,(H,29,30). The Balaban J connectivity index is 1.72. The number of rotatable bonds is 4. The number of morpholine rings is 1. The first-order valence-corrected chi connectivity index (χ1v) is 11.1. The Morgan fingerprint density at radius 2 is 2.09 bits per heavy atom. The highest BCUT2D eigenvalue weighted by molar-refractivity contribution is 6.08. The van der Waals surface area contributed by atoms with Crippen LogP contribution in [-0.4, -0.2) is 63.2 Å². The van der Waals surface area contributed by atoms with Crippen LogP contribution in [0.2, 0.25) is 0 Å². The number of hydrogen-bond donors (Lipinski definition) is 1. The molecule has 0 radical (unpaired) electrons. The predicted molar refractivity (Wildman–Crippen MR) is 119 cm³/mol. The van der Waals surface area contributed by atoms with Crippen molar-refractivity contribution in [3.8, 4) is 11.4 Å². The zero-order valence-corrected chi connectivity index (χ0v) is 18.3. The number of nitrogens with zero attached hydrogens (tertiary/aromatic N) is 5. The zero-order chi connectivity index (χ0) is 22.2. The molecule has 9 heteroatoms. The first-order chi connectivity index (χ1) is 15.6. The maximum absolute atomic E-state index is 12.3. The molecule has 5 heterocycles.